The standard InChI is InChI=1S/C16H13BrClNO3S/c17-11-9-10(18)5-6-13(11)22-16(21)12-3-1-7-19(12)15(20)14-4-2-8-23-14/h2,4-6,8-9,12H,1,3,7H2. The number of rotatable bonds is 3. The van der Waals surface area contributed by atoms with E-state index in [-0.39, 0.29) is 5.91 Å². The maximum Gasteiger partial charge on any atom is 0.334 e. The van der Waals surface area contributed by atoms with Crippen molar-refractivity contribution in [1.29, 1.82) is 0 Å². The van der Waals surface area contributed by atoms with Gasteiger partial charge >= 0.3 is 5.97 Å². The molecule has 0 N–H and O–H groups in total. The maximum absolute atomic E-state index is 12.5. The number of hydrogen-bond donors (Lipinski definition) is 0. The fourth-order valence-corrected chi connectivity index (χ4v) is 3.97. The number of carbonyl (C=O) groups is 2. The molecule has 2 heterocycles. The fraction of sp³-hybridized carbons (Fsp3) is 0.250. The van der Waals surface area contributed by atoms with E-state index >= 15 is 0 Å². The fourth-order valence-electron chi connectivity index (χ4n) is 2.53. The molecule has 4 nitrogen and oxygen atoms in total. The number of esters is 1. The van der Waals surface area contributed by atoms with Gasteiger partial charge in [0.2, 0.25) is 0 Å². The Bertz CT molecular complexity index is 735. The highest BCUT2D eigenvalue weighted by molar-refractivity contribution is 9.10. The molecule has 1 aromatic heterocycles. The zero-order chi connectivity index (χ0) is 16.4. The summed E-state index contributed by atoms with van der Waals surface area (Å²) in [6.07, 6.45) is 1.40. The molecule has 1 unspecified atom stereocenters. The van der Waals surface area contributed by atoms with Crippen LogP contribution in [-0.4, -0.2) is 29.4 Å². The van der Waals surface area contributed by atoms with Crippen molar-refractivity contribution >= 4 is 50.7 Å². The van der Waals surface area contributed by atoms with Gasteiger partial charge in [0, 0.05) is 11.6 Å². The van der Waals surface area contributed by atoms with E-state index in [2.05, 4.69) is 15.9 Å². The molecule has 0 aliphatic carbocycles. The van der Waals surface area contributed by atoms with Gasteiger partial charge in [-0.05, 0) is 58.4 Å². The van der Waals surface area contributed by atoms with Crippen LogP contribution >= 0.6 is 38.9 Å². The van der Waals surface area contributed by atoms with Crippen molar-refractivity contribution in [2.75, 3.05) is 6.54 Å². The van der Waals surface area contributed by atoms with Crippen molar-refractivity contribution < 1.29 is 14.3 Å². The van der Waals surface area contributed by atoms with Crippen molar-refractivity contribution in [3.8, 4) is 5.75 Å². The first-order valence-corrected chi connectivity index (χ1v) is 9.12. The van der Waals surface area contributed by atoms with Crippen LogP contribution in [0.3, 0.4) is 0 Å². The first-order chi connectivity index (χ1) is 11.1. The Labute approximate surface area is 151 Å². The van der Waals surface area contributed by atoms with Crippen LogP contribution in [0.2, 0.25) is 5.02 Å². The third-order valence-electron chi connectivity index (χ3n) is 3.62. The van der Waals surface area contributed by atoms with Gasteiger partial charge < -0.3 is 9.64 Å². The highest BCUT2D eigenvalue weighted by Gasteiger charge is 2.36. The van der Waals surface area contributed by atoms with Crippen molar-refractivity contribution in [3.63, 3.8) is 0 Å². The summed E-state index contributed by atoms with van der Waals surface area (Å²) in [5.41, 5.74) is 0. The summed E-state index contributed by atoms with van der Waals surface area (Å²) in [7, 11) is 0. The van der Waals surface area contributed by atoms with Crippen LogP contribution in [-0.2, 0) is 4.79 Å². The summed E-state index contributed by atoms with van der Waals surface area (Å²) in [6, 6.07) is 7.98. The quantitative estimate of drug-likeness (QED) is 0.553. The molecule has 120 valence electrons. The lowest BCUT2D eigenvalue weighted by atomic mass is 10.2. The third-order valence-corrected chi connectivity index (χ3v) is 5.33. The monoisotopic (exact) mass is 413 g/mol. The Balaban J connectivity index is 1.74. The normalized spacial score (nSPS) is 17.3. The Morgan fingerprint density at radius 2 is 2.17 bits per heavy atom. The predicted molar refractivity (Wildman–Crippen MR) is 93.2 cm³/mol. The topological polar surface area (TPSA) is 46.6 Å². The molecule has 0 saturated carbocycles. The van der Waals surface area contributed by atoms with Gasteiger partial charge in [-0.25, -0.2) is 4.79 Å². The average molecular weight is 415 g/mol. The van der Waals surface area contributed by atoms with Crippen LogP contribution < -0.4 is 4.74 Å². The van der Waals surface area contributed by atoms with Gasteiger partial charge in [0.1, 0.15) is 11.8 Å². The van der Waals surface area contributed by atoms with Crippen LogP contribution in [0.5, 0.6) is 5.75 Å². The Morgan fingerprint density at radius 3 is 2.87 bits per heavy atom. The molecule has 0 radical (unpaired) electrons. The molecule has 1 aliphatic rings. The number of hydrogen-bond acceptors (Lipinski definition) is 4. The molecule has 1 fully saturated rings. The number of halogens is 2. The number of amides is 1. The second kappa shape index (κ2) is 7.03. The summed E-state index contributed by atoms with van der Waals surface area (Å²) in [4.78, 5) is 27.2. The molecule has 7 heteroatoms. The Morgan fingerprint density at radius 1 is 1.35 bits per heavy atom. The lowest BCUT2D eigenvalue weighted by molar-refractivity contribution is -0.138. The number of benzene rings is 1. The number of carbonyl (C=O) groups excluding carboxylic acids is 2. The molecule has 1 amide bonds. The summed E-state index contributed by atoms with van der Waals surface area (Å²) in [5, 5.41) is 2.40. The molecular formula is C16H13BrClNO3S. The molecule has 1 aliphatic heterocycles. The number of thiophene rings is 1. The van der Waals surface area contributed by atoms with E-state index in [1.165, 1.54) is 11.3 Å². The van der Waals surface area contributed by atoms with Crippen LogP contribution in [0.15, 0.2) is 40.2 Å². The highest BCUT2D eigenvalue weighted by atomic mass is 79.9. The molecule has 3 rings (SSSR count). The highest BCUT2D eigenvalue weighted by Crippen LogP contribution is 2.30. The van der Waals surface area contributed by atoms with Gasteiger partial charge in [0.25, 0.3) is 5.91 Å². The average Bonchev–Trinajstić information content (AvgIpc) is 3.20. The lowest BCUT2D eigenvalue weighted by Gasteiger charge is -2.22. The van der Waals surface area contributed by atoms with Crippen LogP contribution in [0, 0.1) is 0 Å². The number of ether oxygens (including phenoxy) is 1. The van der Waals surface area contributed by atoms with Crippen molar-refractivity contribution in [2.24, 2.45) is 0 Å². The second-order valence-electron chi connectivity index (χ2n) is 5.13. The molecule has 1 saturated heterocycles. The van der Waals surface area contributed by atoms with Crippen molar-refractivity contribution in [1.82, 2.24) is 4.90 Å². The van der Waals surface area contributed by atoms with Gasteiger partial charge in [-0.3, -0.25) is 4.79 Å². The molecular weight excluding hydrogens is 402 g/mol. The van der Waals surface area contributed by atoms with Crippen LogP contribution in [0.25, 0.3) is 0 Å². The maximum atomic E-state index is 12.5. The van der Waals surface area contributed by atoms with Crippen LogP contribution in [0.4, 0.5) is 0 Å². The lowest BCUT2D eigenvalue weighted by Crippen LogP contribution is -2.42. The van der Waals surface area contributed by atoms with E-state index in [0.29, 0.717) is 33.1 Å². The molecule has 1 atom stereocenters. The minimum Gasteiger partial charge on any atom is -0.424 e. The van der Waals surface area contributed by atoms with Gasteiger partial charge in [-0.15, -0.1) is 11.3 Å². The molecule has 0 spiro atoms. The Hall–Kier alpha value is -1.37. The summed E-state index contributed by atoms with van der Waals surface area (Å²) in [5.74, 6) is -0.139. The first-order valence-electron chi connectivity index (χ1n) is 7.07. The van der Waals surface area contributed by atoms with E-state index < -0.39 is 12.0 Å². The number of likely N-dealkylation sites (tertiary alicyclic amines) is 1. The van der Waals surface area contributed by atoms with Gasteiger partial charge in [-0.1, -0.05) is 17.7 Å². The predicted octanol–water partition coefficient (Wildman–Crippen LogP) is 4.37. The number of nitrogens with zero attached hydrogens (tertiary/aromatic N) is 1. The zero-order valence-corrected chi connectivity index (χ0v) is 15.2. The second-order valence-corrected chi connectivity index (χ2v) is 7.37. The molecule has 0 bridgehead atoms. The Kier molecular flexibility index (Phi) is 5.04. The minimum absolute atomic E-state index is 0.116. The van der Waals surface area contributed by atoms with Gasteiger partial charge in [0.05, 0.1) is 9.35 Å². The molecule has 2 aromatic rings. The summed E-state index contributed by atoms with van der Waals surface area (Å²) in [6.45, 7) is 0.568. The van der Waals surface area contributed by atoms with Crippen LogP contribution in [0.1, 0.15) is 22.5 Å². The van der Waals surface area contributed by atoms with E-state index in [4.69, 9.17) is 16.3 Å². The third kappa shape index (κ3) is 3.59. The smallest absolute Gasteiger partial charge is 0.334 e. The largest absolute Gasteiger partial charge is 0.424 e. The van der Waals surface area contributed by atoms with Gasteiger partial charge in [-0.2, -0.15) is 0 Å². The zero-order valence-electron chi connectivity index (χ0n) is 12.0. The SMILES string of the molecule is O=C(Oc1ccc(Cl)cc1Br)C1CCCN1C(=O)c1cccs1. The van der Waals surface area contributed by atoms with Crippen molar-refractivity contribution in [2.45, 2.75) is 18.9 Å². The van der Waals surface area contributed by atoms with E-state index in [1.54, 1.807) is 29.2 Å². The summed E-state index contributed by atoms with van der Waals surface area (Å²) < 4.78 is 6.05. The molecule has 1 aromatic carbocycles. The van der Waals surface area contributed by atoms with E-state index in [1.807, 2.05) is 11.4 Å². The minimum atomic E-state index is -0.549. The molecule has 23 heavy (non-hydrogen) atoms. The first kappa shape index (κ1) is 16.5. The van der Waals surface area contributed by atoms with E-state index in [9.17, 15) is 9.59 Å². The van der Waals surface area contributed by atoms with Crippen molar-refractivity contribution in [3.05, 3.63) is 50.1 Å². The van der Waals surface area contributed by atoms with E-state index in [0.717, 1.165) is 6.42 Å². The summed E-state index contributed by atoms with van der Waals surface area (Å²) >= 11 is 10.6. The van der Waals surface area contributed by atoms with Gasteiger partial charge in [0.15, 0.2) is 0 Å².